The minimum Gasteiger partial charge on any atom is -0.331 e. The van der Waals surface area contributed by atoms with Gasteiger partial charge in [-0.05, 0) is 30.2 Å². The van der Waals surface area contributed by atoms with Crippen LogP contribution >= 0.6 is 15.9 Å². The van der Waals surface area contributed by atoms with E-state index < -0.39 is 0 Å². The molecule has 0 spiro atoms. The van der Waals surface area contributed by atoms with Crippen LogP contribution in [0.1, 0.15) is 12.5 Å². The fraction of sp³-hybridized carbons (Fsp3) is 0.364. The van der Waals surface area contributed by atoms with E-state index in [-0.39, 0.29) is 6.03 Å². The van der Waals surface area contributed by atoms with Crippen molar-refractivity contribution < 1.29 is 4.79 Å². The van der Waals surface area contributed by atoms with Crippen molar-refractivity contribution in [3.05, 3.63) is 28.2 Å². The largest absolute Gasteiger partial charge is 0.331 e. The molecule has 0 atom stereocenters. The van der Waals surface area contributed by atoms with Crippen LogP contribution in [0.15, 0.2) is 22.7 Å². The maximum Gasteiger partial charge on any atom is 0.321 e. The zero-order chi connectivity index (χ0) is 11.4. The molecule has 1 aromatic carbocycles. The standard InChI is InChI=1S/C11H15BrN2O/c1-4-8-7-9(12)5-6-10(8)13-11(15)14(2)3/h5-7H,4H2,1-3H3,(H,13,15). The Kier molecular flexibility index (Phi) is 4.15. The Balaban J connectivity index is 2.89. The van der Waals surface area contributed by atoms with Crippen molar-refractivity contribution in [1.29, 1.82) is 0 Å². The summed E-state index contributed by atoms with van der Waals surface area (Å²) in [4.78, 5) is 13.0. The number of rotatable bonds is 2. The number of nitrogens with zero attached hydrogens (tertiary/aromatic N) is 1. The van der Waals surface area contributed by atoms with Crippen LogP contribution in [0.3, 0.4) is 0 Å². The van der Waals surface area contributed by atoms with E-state index in [0.717, 1.165) is 22.1 Å². The highest BCUT2D eigenvalue weighted by molar-refractivity contribution is 9.10. The summed E-state index contributed by atoms with van der Waals surface area (Å²) in [5, 5.41) is 2.85. The number of hydrogen-bond acceptors (Lipinski definition) is 1. The maximum atomic E-state index is 11.5. The van der Waals surface area contributed by atoms with E-state index in [9.17, 15) is 4.79 Å². The third kappa shape index (κ3) is 3.23. The number of aryl methyl sites for hydroxylation is 1. The first-order valence-electron chi connectivity index (χ1n) is 4.81. The van der Waals surface area contributed by atoms with E-state index in [4.69, 9.17) is 0 Å². The number of nitrogens with one attached hydrogen (secondary N) is 1. The molecule has 2 amide bonds. The molecule has 82 valence electrons. The number of carbonyl (C=O) groups excluding carboxylic acids is 1. The first-order chi connectivity index (χ1) is 7.04. The SMILES string of the molecule is CCc1cc(Br)ccc1NC(=O)N(C)C. The highest BCUT2D eigenvalue weighted by atomic mass is 79.9. The van der Waals surface area contributed by atoms with Gasteiger partial charge < -0.3 is 10.2 Å². The smallest absolute Gasteiger partial charge is 0.321 e. The molecule has 15 heavy (non-hydrogen) atoms. The van der Waals surface area contributed by atoms with Crippen LogP contribution < -0.4 is 5.32 Å². The van der Waals surface area contributed by atoms with Gasteiger partial charge in [0.15, 0.2) is 0 Å². The van der Waals surface area contributed by atoms with Crippen molar-refractivity contribution in [1.82, 2.24) is 4.90 Å². The number of amides is 2. The van der Waals surface area contributed by atoms with E-state index in [1.807, 2.05) is 18.2 Å². The quantitative estimate of drug-likeness (QED) is 0.880. The molecule has 0 aromatic heterocycles. The number of benzene rings is 1. The Morgan fingerprint density at radius 2 is 2.13 bits per heavy atom. The van der Waals surface area contributed by atoms with Crippen LogP contribution in [0.25, 0.3) is 0 Å². The number of urea groups is 1. The lowest BCUT2D eigenvalue weighted by atomic mass is 10.1. The van der Waals surface area contributed by atoms with Crippen LogP contribution in [-0.2, 0) is 6.42 Å². The number of hydrogen-bond donors (Lipinski definition) is 1. The second kappa shape index (κ2) is 5.16. The van der Waals surface area contributed by atoms with E-state index in [2.05, 4.69) is 28.2 Å². The van der Waals surface area contributed by atoms with Gasteiger partial charge in [0, 0.05) is 24.3 Å². The van der Waals surface area contributed by atoms with Gasteiger partial charge in [-0.3, -0.25) is 0 Å². The molecule has 0 aliphatic heterocycles. The molecular weight excluding hydrogens is 256 g/mol. The zero-order valence-electron chi connectivity index (χ0n) is 9.17. The van der Waals surface area contributed by atoms with Gasteiger partial charge in [0.1, 0.15) is 0 Å². The van der Waals surface area contributed by atoms with Crippen molar-refractivity contribution in [3.63, 3.8) is 0 Å². The van der Waals surface area contributed by atoms with Crippen molar-refractivity contribution in [2.24, 2.45) is 0 Å². The van der Waals surface area contributed by atoms with Crippen LogP contribution in [0, 0.1) is 0 Å². The van der Waals surface area contributed by atoms with E-state index in [0.29, 0.717) is 0 Å². The third-order valence-corrected chi connectivity index (χ3v) is 2.59. The van der Waals surface area contributed by atoms with Crippen molar-refractivity contribution in [2.45, 2.75) is 13.3 Å². The van der Waals surface area contributed by atoms with Gasteiger partial charge in [-0.2, -0.15) is 0 Å². The topological polar surface area (TPSA) is 32.3 Å². The Bertz CT molecular complexity index is 364. The van der Waals surface area contributed by atoms with Crippen LogP contribution in [0.2, 0.25) is 0 Å². The Labute approximate surface area is 98.6 Å². The number of anilines is 1. The van der Waals surface area contributed by atoms with Crippen molar-refractivity contribution in [2.75, 3.05) is 19.4 Å². The fourth-order valence-electron chi connectivity index (χ4n) is 1.20. The predicted molar refractivity (Wildman–Crippen MR) is 66.2 cm³/mol. The summed E-state index contributed by atoms with van der Waals surface area (Å²) >= 11 is 3.41. The summed E-state index contributed by atoms with van der Waals surface area (Å²) < 4.78 is 1.03. The summed E-state index contributed by atoms with van der Waals surface area (Å²) in [7, 11) is 3.44. The number of halogens is 1. The minimum atomic E-state index is -0.105. The molecule has 0 fully saturated rings. The van der Waals surface area contributed by atoms with Gasteiger partial charge in [0.05, 0.1) is 0 Å². The number of carbonyl (C=O) groups is 1. The molecule has 4 heteroatoms. The lowest BCUT2D eigenvalue weighted by molar-refractivity contribution is 0.230. The van der Waals surface area contributed by atoms with Crippen LogP contribution in [-0.4, -0.2) is 25.0 Å². The Morgan fingerprint density at radius 3 is 2.67 bits per heavy atom. The highest BCUT2D eigenvalue weighted by Gasteiger charge is 2.07. The average Bonchev–Trinajstić information content (AvgIpc) is 2.20. The molecule has 0 saturated carbocycles. The predicted octanol–water partition coefficient (Wildman–Crippen LogP) is 3.11. The molecule has 0 aliphatic carbocycles. The lowest BCUT2D eigenvalue weighted by Crippen LogP contribution is -2.27. The minimum absolute atomic E-state index is 0.105. The second-order valence-electron chi connectivity index (χ2n) is 3.48. The molecule has 1 aromatic rings. The summed E-state index contributed by atoms with van der Waals surface area (Å²) in [6.45, 7) is 2.06. The molecule has 0 bridgehead atoms. The molecule has 1 rings (SSSR count). The molecular formula is C11H15BrN2O. The lowest BCUT2D eigenvalue weighted by Gasteiger charge is -2.14. The van der Waals surface area contributed by atoms with Crippen LogP contribution in [0.5, 0.6) is 0 Å². The molecule has 0 heterocycles. The molecule has 0 saturated heterocycles. The summed E-state index contributed by atoms with van der Waals surface area (Å²) in [5.41, 5.74) is 2.00. The molecule has 3 nitrogen and oxygen atoms in total. The average molecular weight is 271 g/mol. The van der Waals surface area contributed by atoms with Crippen molar-refractivity contribution >= 4 is 27.6 Å². The molecule has 0 unspecified atom stereocenters. The van der Waals surface area contributed by atoms with Gasteiger partial charge in [-0.15, -0.1) is 0 Å². The molecule has 1 N–H and O–H groups in total. The Hall–Kier alpha value is -1.03. The Morgan fingerprint density at radius 1 is 1.47 bits per heavy atom. The fourth-order valence-corrected chi connectivity index (χ4v) is 1.61. The first kappa shape index (κ1) is 12.0. The van der Waals surface area contributed by atoms with Gasteiger partial charge in [0.2, 0.25) is 0 Å². The highest BCUT2D eigenvalue weighted by Crippen LogP contribution is 2.21. The van der Waals surface area contributed by atoms with Crippen molar-refractivity contribution in [3.8, 4) is 0 Å². The summed E-state index contributed by atoms with van der Waals surface area (Å²) in [6.07, 6.45) is 0.891. The molecule has 0 aliphatic rings. The van der Waals surface area contributed by atoms with Gasteiger partial charge in [-0.1, -0.05) is 22.9 Å². The summed E-state index contributed by atoms with van der Waals surface area (Å²) in [6, 6.07) is 5.74. The van der Waals surface area contributed by atoms with E-state index in [1.165, 1.54) is 4.90 Å². The van der Waals surface area contributed by atoms with Gasteiger partial charge in [0.25, 0.3) is 0 Å². The van der Waals surface area contributed by atoms with E-state index >= 15 is 0 Å². The monoisotopic (exact) mass is 270 g/mol. The zero-order valence-corrected chi connectivity index (χ0v) is 10.8. The second-order valence-corrected chi connectivity index (χ2v) is 4.40. The first-order valence-corrected chi connectivity index (χ1v) is 5.60. The van der Waals surface area contributed by atoms with Crippen LogP contribution in [0.4, 0.5) is 10.5 Å². The van der Waals surface area contributed by atoms with Gasteiger partial charge in [-0.25, -0.2) is 4.79 Å². The normalized spacial score (nSPS) is 9.87. The molecule has 0 radical (unpaired) electrons. The maximum absolute atomic E-state index is 11.5. The van der Waals surface area contributed by atoms with Gasteiger partial charge >= 0.3 is 6.03 Å². The van der Waals surface area contributed by atoms with E-state index in [1.54, 1.807) is 14.1 Å². The summed E-state index contributed by atoms with van der Waals surface area (Å²) in [5.74, 6) is 0. The third-order valence-electron chi connectivity index (χ3n) is 2.10.